The minimum atomic E-state index is -4.50. The second-order valence-electron chi connectivity index (χ2n) is 4.80. The third-order valence-electron chi connectivity index (χ3n) is 3.31. The van der Waals surface area contributed by atoms with E-state index in [1.807, 2.05) is 30.3 Å². The second kappa shape index (κ2) is 6.00. The van der Waals surface area contributed by atoms with Crippen molar-refractivity contribution in [1.29, 1.82) is 0 Å². The highest BCUT2D eigenvalue weighted by atomic mass is 35.5. The Morgan fingerprint density at radius 3 is 2.39 bits per heavy atom. The van der Waals surface area contributed by atoms with Crippen LogP contribution in [0.2, 0.25) is 5.02 Å². The van der Waals surface area contributed by atoms with Crippen LogP contribution in [-0.4, -0.2) is 20.2 Å². The molecule has 0 bridgehead atoms. The van der Waals surface area contributed by atoms with Gasteiger partial charge in [-0.15, -0.1) is 0 Å². The number of nitrogens with one attached hydrogen (secondary N) is 1. The molecule has 2 aromatic heterocycles. The van der Waals surface area contributed by atoms with Crippen molar-refractivity contribution < 1.29 is 13.2 Å². The third-order valence-corrected chi connectivity index (χ3v) is 3.61. The van der Waals surface area contributed by atoms with Gasteiger partial charge in [-0.2, -0.15) is 18.3 Å². The lowest BCUT2D eigenvalue weighted by Gasteiger charge is -2.17. The van der Waals surface area contributed by atoms with Crippen LogP contribution >= 0.6 is 11.6 Å². The Morgan fingerprint density at radius 2 is 1.83 bits per heavy atom. The molecular formula is C15H10ClF3N4. The summed E-state index contributed by atoms with van der Waals surface area (Å²) in [6, 6.07) is 9.98. The van der Waals surface area contributed by atoms with Crippen molar-refractivity contribution in [1.82, 2.24) is 20.2 Å². The average molecular weight is 339 g/mol. The van der Waals surface area contributed by atoms with Gasteiger partial charge >= 0.3 is 6.18 Å². The molecule has 0 unspecified atom stereocenters. The Hall–Kier alpha value is -2.41. The van der Waals surface area contributed by atoms with Crippen molar-refractivity contribution in [3.63, 3.8) is 0 Å². The van der Waals surface area contributed by atoms with E-state index < -0.39 is 17.7 Å². The van der Waals surface area contributed by atoms with Gasteiger partial charge in [-0.25, -0.2) is 4.98 Å². The average Bonchev–Trinajstić information content (AvgIpc) is 3.03. The van der Waals surface area contributed by atoms with Gasteiger partial charge in [0.2, 0.25) is 0 Å². The van der Waals surface area contributed by atoms with Crippen LogP contribution in [0.15, 0.2) is 48.9 Å². The topological polar surface area (TPSA) is 54.5 Å². The van der Waals surface area contributed by atoms with Gasteiger partial charge in [0.1, 0.15) is 12.2 Å². The van der Waals surface area contributed by atoms with Crippen molar-refractivity contribution in [3.05, 3.63) is 76.6 Å². The summed E-state index contributed by atoms with van der Waals surface area (Å²) in [6.45, 7) is 0. The van der Waals surface area contributed by atoms with Crippen LogP contribution in [0, 0.1) is 0 Å². The van der Waals surface area contributed by atoms with E-state index in [0.717, 1.165) is 17.8 Å². The molecule has 4 nitrogen and oxygen atoms in total. The minimum Gasteiger partial charge on any atom is -0.262 e. The fourth-order valence-corrected chi connectivity index (χ4v) is 2.54. The summed E-state index contributed by atoms with van der Waals surface area (Å²) < 4.78 is 38.3. The maximum atomic E-state index is 12.8. The van der Waals surface area contributed by atoms with Crippen LogP contribution in [0.25, 0.3) is 0 Å². The SMILES string of the molecule is FC(F)(F)c1cnc([C@H](c2ccccc2)c2ncn[nH]2)c(Cl)c1. The van der Waals surface area contributed by atoms with E-state index in [-0.39, 0.29) is 10.7 Å². The number of halogens is 4. The van der Waals surface area contributed by atoms with Crippen molar-refractivity contribution in [2.45, 2.75) is 12.1 Å². The standard InChI is InChI=1S/C15H10ClF3N4/c16-11-6-10(15(17,18)19)7-20-13(11)12(14-21-8-22-23-14)9-4-2-1-3-5-9/h1-8,12H,(H,21,22,23)/t12-/m0/s1. The first kappa shape index (κ1) is 15.5. The number of benzene rings is 1. The number of aromatic nitrogens is 4. The van der Waals surface area contributed by atoms with E-state index in [0.29, 0.717) is 5.82 Å². The molecule has 0 aliphatic rings. The Morgan fingerprint density at radius 1 is 1.09 bits per heavy atom. The van der Waals surface area contributed by atoms with Crippen LogP contribution < -0.4 is 0 Å². The highest BCUT2D eigenvalue weighted by Gasteiger charge is 2.33. The normalized spacial score (nSPS) is 13.0. The smallest absolute Gasteiger partial charge is 0.262 e. The number of pyridine rings is 1. The zero-order chi connectivity index (χ0) is 16.4. The molecule has 1 atom stereocenters. The van der Waals surface area contributed by atoms with Crippen LogP contribution in [0.3, 0.4) is 0 Å². The first-order valence-corrected chi connectivity index (χ1v) is 6.97. The van der Waals surface area contributed by atoms with Gasteiger partial charge in [0.25, 0.3) is 0 Å². The van der Waals surface area contributed by atoms with Gasteiger partial charge in [0.15, 0.2) is 0 Å². The quantitative estimate of drug-likeness (QED) is 0.783. The second-order valence-corrected chi connectivity index (χ2v) is 5.21. The fourth-order valence-electron chi connectivity index (χ4n) is 2.26. The van der Waals surface area contributed by atoms with E-state index in [1.54, 1.807) is 0 Å². The predicted octanol–water partition coefficient (Wildman–Crippen LogP) is 4.05. The highest BCUT2D eigenvalue weighted by Crippen LogP contribution is 2.36. The van der Waals surface area contributed by atoms with Crippen LogP contribution in [0.1, 0.15) is 28.6 Å². The van der Waals surface area contributed by atoms with E-state index in [9.17, 15) is 13.2 Å². The monoisotopic (exact) mass is 338 g/mol. The molecule has 0 fully saturated rings. The molecule has 8 heteroatoms. The molecule has 23 heavy (non-hydrogen) atoms. The highest BCUT2D eigenvalue weighted by molar-refractivity contribution is 6.31. The zero-order valence-corrected chi connectivity index (χ0v) is 12.3. The molecule has 0 saturated carbocycles. The molecule has 0 spiro atoms. The maximum Gasteiger partial charge on any atom is 0.417 e. The minimum absolute atomic E-state index is 0.0786. The third kappa shape index (κ3) is 3.19. The van der Waals surface area contributed by atoms with Crippen molar-refractivity contribution in [3.8, 4) is 0 Å². The number of alkyl halides is 3. The molecule has 0 amide bonds. The maximum absolute atomic E-state index is 12.8. The summed E-state index contributed by atoms with van der Waals surface area (Å²) in [5.74, 6) is -0.0844. The Bertz CT molecular complexity index is 788. The number of aromatic amines is 1. The number of rotatable bonds is 3. The van der Waals surface area contributed by atoms with Crippen molar-refractivity contribution in [2.24, 2.45) is 0 Å². The Labute approximate surface area is 134 Å². The predicted molar refractivity (Wildman–Crippen MR) is 78.0 cm³/mol. The lowest BCUT2D eigenvalue weighted by atomic mass is 9.94. The van der Waals surface area contributed by atoms with Gasteiger partial charge in [-0.1, -0.05) is 41.9 Å². The lowest BCUT2D eigenvalue weighted by Crippen LogP contribution is -2.11. The molecule has 0 radical (unpaired) electrons. The van der Waals surface area contributed by atoms with E-state index in [2.05, 4.69) is 20.2 Å². The van der Waals surface area contributed by atoms with E-state index >= 15 is 0 Å². The Kier molecular flexibility index (Phi) is 4.04. The molecular weight excluding hydrogens is 329 g/mol. The largest absolute Gasteiger partial charge is 0.417 e. The van der Waals surface area contributed by atoms with Gasteiger partial charge < -0.3 is 0 Å². The number of nitrogens with zero attached hydrogens (tertiary/aromatic N) is 3. The van der Waals surface area contributed by atoms with Gasteiger partial charge in [-0.3, -0.25) is 10.1 Å². The van der Waals surface area contributed by atoms with Gasteiger partial charge in [0.05, 0.1) is 22.2 Å². The summed E-state index contributed by atoms with van der Waals surface area (Å²) >= 11 is 6.07. The number of H-pyrrole nitrogens is 1. The summed E-state index contributed by atoms with van der Waals surface area (Å²) in [7, 11) is 0. The number of hydrogen-bond donors (Lipinski definition) is 1. The number of hydrogen-bond acceptors (Lipinski definition) is 3. The van der Waals surface area contributed by atoms with Gasteiger partial charge in [-0.05, 0) is 11.6 Å². The molecule has 3 rings (SSSR count). The molecule has 1 N–H and O–H groups in total. The molecule has 2 heterocycles. The molecule has 3 aromatic rings. The summed E-state index contributed by atoms with van der Waals surface area (Å²) in [5.41, 5.74) is 0.177. The van der Waals surface area contributed by atoms with Crippen LogP contribution in [0.4, 0.5) is 13.2 Å². The summed E-state index contributed by atoms with van der Waals surface area (Å²) in [4.78, 5) is 8.03. The fraction of sp³-hybridized carbons (Fsp3) is 0.133. The van der Waals surface area contributed by atoms with Crippen LogP contribution in [-0.2, 0) is 6.18 Å². The van der Waals surface area contributed by atoms with Crippen molar-refractivity contribution >= 4 is 11.6 Å². The first-order valence-electron chi connectivity index (χ1n) is 6.59. The molecule has 0 aliphatic carbocycles. The summed E-state index contributed by atoms with van der Waals surface area (Å²) in [5, 5.41) is 6.44. The zero-order valence-electron chi connectivity index (χ0n) is 11.5. The van der Waals surface area contributed by atoms with Crippen LogP contribution in [0.5, 0.6) is 0 Å². The van der Waals surface area contributed by atoms with Gasteiger partial charge in [0, 0.05) is 6.20 Å². The Balaban J connectivity index is 2.12. The molecule has 1 aromatic carbocycles. The molecule has 0 aliphatic heterocycles. The summed E-state index contributed by atoms with van der Waals surface area (Å²) in [6.07, 6.45) is -2.40. The molecule has 118 valence electrons. The van der Waals surface area contributed by atoms with E-state index in [1.165, 1.54) is 6.33 Å². The first-order chi connectivity index (χ1) is 11.0. The molecule has 0 saturated heterocycles. The lowest BCUT2D eigenvalue weighted by molar-refractivity contribution is -0.137. The van der Waals surface area contributed by atoms with Crippen molar-refractivity contribution in [2.75, 3.05) is 0 Å². The van der Waals surface area contributed by atoms with E-state index in [4.69, 9.17) is 11.6 Å².